The van der Waals surface area contributed by atoms with Gasteiger partial charge in [0.1, 0.15) is 0 Å². The molecule has 0 aromatic heterocycles. The third-order valence-corrected chi connectivity index (χ3v) is 5.72. The lowest BCUT2D eigenvalue weighted by atomic mass is 9.84. The number of benzene rings is 1. The van der Waals surface area contributed by atoms with E-state index in [1.54, 1.807) is 36.1 Å². The average molecular weight is 440 g/mol. The second-order valence-corrected chi connectivity index (χ2v) is 9.95. The van der Waals surface area contributed by atoms with Crippen molar-refractivity contribution in [1.82, 2.24) is 4.90 Å². The van der Waals surface area contributed by atoms with E-state index in [0.29, 0.717) is 34.5 Å². The van der Waals surface area contributed by atoms with E-state index < -0.39 is 5.54 Å². The molecule has 0 fully saturated rings. The summed E-state index contributed by atoms with van der Waals surface area (Å²) in [6.45, 7) is 14.6. The van der Waals surface area contributed by atoms with Crippen molar-refractivity contribution < 1.29 is 9.59 Å². The molecule has 0 spiro atoms. The third-order valence-electron chi connectivity index (χ3n) is 5.16. The SMILES string of the molecule is CC(=O)C(C)(CC(C)C)N(CC(C)CC(C)C)C(=O)C=Cc1ccc(Cl)cc1Cl. The Labute approximate surface area is 186 Å². The van der Waals surface area contributed by atoms with E-state index in [1.165, 1.54) is 6.08 Å². The maximum Gasteiger partial charge on any atom is 0.247 e. The fourth-order valence-corrected chi connectivity index (χ4v) is 4.32. The van der Waals surface area contributed by atoms with Crippen LogP contribution in [0.4, 0.5) is 0 Å². The molecular formula is C24H35Cl2NO2. The van der Waals surface area contributed by atoms with Crippen molar-refractivity contribution >= 4 is 41.0 Å². The van der Waals surface area contributed by atoms with E-state index in [1.807, 2.05) is 6.92 Å². The molecule has 162 valence electrons. The summed E-state index contributed by atoms with van der Waals surface area (Å²) in [6.07, 6.45) is 4.82. The molecule has 3 nitrogen and oxygen atoms in total. The third kappa shape index (κ3) is 7.79. The summed E-state index contributed by atoms with van der Waals surface area (Å²) in [6, 6.07) is 5.16. The van der Waals surface area contributed by atoms with Crippen LogP contribution in [0.1, 0.15) is 66.9 Å². The summed E-state index contributed by atoms with van der Waals surface area (Å²) < 4.78 is 0. The summed E-state index contributed by atoms with van der Waals surface area (Å²) in [5, 5.41) is 1.03. The summed E-state index contributed by atoms with van der Waals surface area (Å²) in [5.41, 5.74) is -0.127. The minimum Gasteiger partial charge on any atom is -0.326 e. The van der Waals surface area contributed by atoms with Crippen molar-refractivity contribution in [3.8, 4) is 0 Å². The van der Waals surface area contributed by atoms with Crippen LogP contribution < -0.4 is 0 Å². The molecule has 0 radical (unpaired) electrons. The Bertz CT molecular complexity index is 742. The van der Waals surface area contributed by atoms with E-state index in [-0.39, 0.29) is 23.5 Å². The highest BCUT2D eigenvalue weighted by molar-refractivity contribution is 6.35. The molecule has 0 saturated heterocycles. The second-order valence-electron chi connectivity index (χ2n) is 9.11. The van der Waals surface area contributed by atoms with E-state index >= 15 is 0 Å². The van der Waals surface area contributed by atoms with Gasteiger partial charge in [-0.2, -0.15) is 0 Å². The zero-order valence-electron chi connectivity index (χ0n) is 18.8. The second kappa shape index (κ2) is 11.2. The molecule has 0 bridgehead atoms. The first-order chi connectivity index (χ1) is 13.4. The van der Waals surface area contributed by atoms with Crippen LogP contribution in [0.15, 0.2) is 24.3 Å². The number of carbonyl (C=O) groups excluding carboxylic acids is 2. The molecular weight excluding hydrogens is 405 g/mol. The molecule has 0 aliphatic carbocycles. The maximum atomic E-state index is 13.3. The molecule has 5 heteroatoms. The zero-order valence-corrected chi connectivity index (χ0v) is 20.3. The van der Waals surface area contributed by atoms with Gasteiger partial charge in [0.25, 0.3) is 0 Å². The number of Topliss-reactive ketones (excluding diaryl/α,β-unsaturated/α-hetero) is 1. The molecule has 0 heterocycles. The zero-order chi connectivity index (χ0) is 22.4. The first-order valence-corrected chi connectivity index (χ1v) is 11.1. The lowest BCUT2D eigenvalue weighted by molar-refractivity contribution is -0.143. The smallest absolute Gasteiger partial charge is 0.247 e. The van der Waals surface area contributed by atoms with Crippen LogP contribution in [0.5, 0.6) is 0 Å². The Morgan fingerprint density at radius 2 is 1.72 bits per heavy atom. The van der Waals surface area contributed by atoms with E-state index in [9.17, 15) is 9.59 Å². The minimum absolute atomic E-state index is 0.00854. The van der Waals surface area contributed by atoms with Crippen LogP contribution in [-0.4, -0.2) is 28.7 Å². The number of hydrogen-bond acceptors (Lipinski definition) is 2. The van der Waals surface area contributed by atoms with Gasteiger partial charge in [0.15, 0.2) is 5.78 Å². The molecule has 2 unspecified atom stereocenters. The van der Waals surface area contributed by atoms with Gasteiger partial charge in [-0.15, -0.1) is 0 Å². The van der Waals surface area contributed by atoms with E-state index in [2.05, 4.69) is 34.6 Å². The molecule has 1 aromatic rings. The number of halogens is 2. The number of ketones is 1. The summed E-state index contributed by atoms with van der Waals surface area (Å²) in [7, 11) is 0. The number of carbonyl (C=O) groups is 2. The normalized spacial score (nSPS) is 15.0. The van der Waals surface area contributed by atoms with Crippen LogP contribution in [0.2, 0.25) is 10.0 Å². The Hall–Kier alpha value is -1.32. The van der Waals surface area contributed by atoms with Gasteiger partial charge in [-0.25, -0.2) is 0 Å². The molecule has 1 rings (SSSR count). The van der Waals surface area contributed by atoms with Gasteiger partial charge in [-0.3, -0.25) is 9.59 Å². The Morgan fingerprint density at radius 3 is 2.21 bits per heavy atom. The summed E-state index contributed by atoms with van der Waals surface area (Å²) in [5.74, 6) is 0.935. The van der Waals surface area contributed by atoms with E-state index in [4.69, 9.17) is 23.2 Å². The van der Waals surface area contributed by atoms with Gasteiger partial charge in [-0.1, -0.05) is 63.9 Å². The number of amides is 1. The highest BCUT2D eigenvalue weighted by Crippen LogP contribution is 2.29. The predicted molar refractivity (Wildman–Crippen MR) is 124 cm³/mol. The predicted octanol–water partition coefficient (Wildman–Crippen LogP) is 6.91. The van der Waals surface area contributed by atoms with Crippen molar-refractivity contribution in [1.29, 1.82) is 0 Å². The lowest BCUT2D eigenvalue weighted by Gasteiger charge is -2.42. The fraction of sp³-hybridized carbons (Fsp3) is 0.583. The highest BCUT2D eigenvalue weighted by atomic mass is 35.5. The maximum absolute atomic E-state index is 13.3. The first-order valence-electron chi connectivity index (χ1n) is 10.3. The largest absolute Gasteiger partial charge is 0.326 e. The molecule has 0 saturated carbocycles. The van der Waals surface area contributed by atoms with Gasteiger partial charge >= 0.3 is 0 Å². The Morgan fingerprint density at radius 1 is 1.10 bits per heavy atom. The summed E-state index contributed by atoms with van der Waals surface area (Å²) in [4.78, 5) is 27.7. The number of hydrogen-bond donors (Lipinski definition) is 0. The minimum atomic E-state index is -0.843. The van der Waals surface area contributed by atoms with Crippen LogP contribution >= 0.6 is 23.2 Å². The van der Waals surface area contributed by atoms with Crippen molar-refractivity contribution in [3.63, 3.8) is 0 Å². The van der Waals surface area contributed by atoms with Crippen molar-refractivity contribution in [2.45, 2.75) is 66.8 Å². The summed E-state index contributed by atoms with van der Waals surface area (Å²) >= 11 is 12.2. The standard InChI is InChI=1S/C24H35Cl2NO2/c1-16(2)12-18(5)15-27(24(7,19(6)28)14-17(3)4)23(29)11-9-20-8-10-21(25)13-22(20)26/h8-11,13,16-18H,12,14-15H2,1-7H3. The molecule has 1 aromatic carbocycles. The van der Waals surface area contributed by atoms with Crippen LogP contribution in [0, 0.1) is 17.8 Å². The lowest BCUT2D eigenvalue weighted by Crippen LogP contribution is -2.56. The van der Waals surface area contributed by atoms with E-state index in [0.717, 1.165) is 6.42 Å². The van der Waals surface area contributed by atoms with Gasteiger partial charge in [0.2, 0.25) is 5.91 Å². The van der Waals surface area contributed by atoms with Crippen molar-refractivity contribution in [3.05, 3.63) is 39.9 Å². The van der Waals surface area contributed by atoms with Gasteiger partial charge in [-0.05, 0) is 68.2 Å². The van der Waals surface area contributed by atoms with Gasteiger partial charge in [0, 0.05) is 22.7 Å². The quantitative estimate of drug-likeness (QED) is 0.371. The van der Waals surface area contributed by atoms with Crippen LogP contribution in [-0.2, 0) is 9.59 Å². The molecule has 0 aliphatic rings. The highest BCUT2D eigenvalue weighted by Gasteiger charge is 2.40. The molecule has 0 N–H and O–H groups in total. The number of nitrogens with zero attached hydrogens (tertiary/aromatic N) is 1. The average Bonchev–Trinajstić information content (AvgIpc) is 2.57. The van der Waals surface area contributed by atoms with Gasteiger partial charge in [0.05, 0.1) is 5.54 Å². The first kappa shape index (κ1) is 25.7. The van der Waals surface area contributed by atoms with Crippen LogP contribution in [0.25, 0.3) is 6.08 Å². The molecule has 29 heavy (non-hydrogen) atoms. The molecule has 2 atom stereocenters. The topological polar surface area (TPSA) is 37.4 Å². The Balaban J connectivity index is 3.24. The number of rotatable bonds is 10. The Kier molecular flexibility index (Phi) is 9.91. The molecule has 1 amide bonds. The van der Waals surface area contributed by atoms with Crippen molar-refractivity contribution in [2.75, 3.05) is 6.54 Å². The van der Waals surface area contributed by atoms with Crippen LogP contribution in [0.3, 0.4) is 0 Å². The fourth-order valence-electron chi connectivity index (χ4n) is 3.85. The monoisotopic (exact) mass is 439 g/mol. The molecule has 0 aliphatic heterocycles. The van der Waals surface area contributed by atoms with Gasteiger partial charge < -0.3 is 4.90 Å². The van der Waals surface area contributed by atoms with Crippen molar-refractivity contribution in [2.24, 2.45) is 17.8 Å².